The fourth-order valence-corrected chi connectivity index (χ4v) is 3.98. The van der Waals surface area contributed by atoms with E-state index < -0.39 is 22.0 Å². The molecular formula is C24H30N4O4S. The number of aryl methyl sites for hydroxylation is 1. The van der Waals surface area contributed by atoms with E-state index >= 15 is 0 Å². The minimum atomic E-state index is -1.28. The zero-order chi connectivity index (χ0) is 24.3. The van der Waals surface area contributed by atoms with Crippen molar-refractivity contribution >= 4 is 28.3 Å². The first-order valence-corrected chi connectivity index (χ1v) is 11.7. The number of rotatable bonds is 8. The highest BCUT2D eigenvalue weighted by Crippen LogP contribution is 2.29. The Morgan fingerprint density at radius 1 is 1.21 bits per heavy atom. The van der Waals surface area contributed by atoms with Gasteiger partial charge in [-0.3, -0.25) is 4.79 Å². The van der Waals surface area contributed by atoms with Crippen LogP contribution in [-0.2, 0) is 18.0 Å². The van der Waals surface area contributed by atoms with Crippen molar-refractivity contribution in [3.8, 4) is 11.6 Å². The minimum absolute atomic E-state index is 0.0357. The lowest BCUT2D eigenvalue weighted by Crippen LogP contribution is -2.40. The van der Waals surface area contributed by atoms with Crippen molar-refractivity contribution in [1.82, 2.24) is 14.7 Å². The summed E-state index contributed by atoms with van der Waals surface area (Å²) in [5, 5.41) is 0. The number of nitrogens with one attached hydrogen (secondary N) is 1. The highest BCUT2D eigenvalue weighted by molar-refractivity contribution is 7.90. The summed E-state index contributed by atoms with van der Waals surface area (Å²) in [6.07, 6.45) is 0. The maximum absolute atomic E-state index is 12.7. The molecule has 0 fully saturated rings. The van der Waals surface area contributed by atoms with E-state index in [0.717, 1.165) is 22.4 Å². The predicted molar refractivity (Wildman–Crippen MR) is 130 cm³/mol. The summed E-state index contributed by atoms with van der Waals surface area (Å²) in [7, 11) is 1.60. The molecule has 1 amide bonds. The quantitative estimate of drug-likeness (QED) is 0.481. The number of primary amides is 1. The molecule has 0 bridgehead atoms. The van der Waals surface area contributed by atoms with Crippen molar-refractivity contribution < 1.29 is 18.8 Å². The number of nitrogens with two attached hydrogens (primary N) is 1. The van der Waals surface area contributed by atoms with E-state index in [1.165, 1.54) is 0 Å². The van der Waals surface area contributed by atoms with Crippen LogP contribution < -0.4 is 19.9 Å². The molecule has 9 heteroatoms. The van der Waals surface area contributed by atoms with Gasteiger partial charge >= 0.3 is 0 Å². The normalized spacial score (nSPS) is 13.5. The van der Waals surface area contributed by atoms with Crippen LogP contribution in [0.4, 0.5) is 0 Å². The van der Waals surface area contributed by atoms with Gasteiger partial charge in [-0.05, 0) is 63.9 Å². The van der Waals surface area contributed by atoms with Crippen molar-refractivity contribution in [3.63, 3.8) is 0 Å². The molecule has 0 aliphatic heterocycles. The number of fused-ring (bicyclic) bond motifs is 1. The van der Waals surface area contributed by atoms with Crippen LogP contribution in [0.3, 0.4) is 0 Å². The summed E-state index contributed by atoms with van der Waals surface area (Å²) in [4.78, 5) is 21.2. The second-order valence-electron chi connectivity index (χ2n) is 8.82. The van der Waals surface area contributed by atoms with Gasteiger partial charge in [-0.1, -0.05) is 18.2 Å². The van der Waals surface area contributed by atoms with E-state index in [4.69, 9.17) is 15.2 Å². The monoisotopic (exact) mass is 470 g/mol. The van der Waals surface area contributed by atoms with Gasteiger partial charge in [-0.2, -0.15) is 0 Å². The molecule has 3 N–H and O–H groups in total. The molecular weight excluding hydrogens is 440 g/mol. The Morgan fingerprint density at radius 2 is 1.88 bits per heavy atom. The Bertz CT molecular complexity index is 1150. The lowest BCUT2D eigenvalue weighted by Gasteiger charge is -2.27. The fraction of sp³-hybridized carbons (Fsp3) is 0.375. The molecule has 2 aromatic carbocycles. The molecule has 0 radical (unpaired) electrons. The van der Waals surface area contributed by atoms with Crippen LogP contribution in [0.15, 0.2) is 36.4 Å². The summed E-state index contributed by atoms with van der Waals surface area (Å²) in [6, 6.07) is 10.9. The van der Waals surface area contributed by atoms with Crippen LogP contribution in [0.2, 0.25) is 0 Å². The molecule has 1 aromatic heterocycles. The highest BCUT2D eigenvalue weighted by atomic mass is 32.2. The Labute approximate surface area is 197 Å². The molecule has 0 spiro atoms. The van der Waals surface area contributed by atoms with Crippen LogP contribution >= 0.6 is 0 Å². The Kier molecular flexibility index (Phi) is 7.46. The average Bonchev–Trinajstić information content (AvgIpc) is 2.76. The first-order chi connectivity index (χ1) is 15.5. The summed E-state index contributed by atoms with van der Waals surface area (Å²) in [5.74, 6) is 0.0634. The zero-order valence-electron chi connectivity index (χ0n) is 19.8. The van der Waals surface area contributed by atoms with Crippen LogP contribution in [0.1, 0.15) is 60.9 Å². The number of benzene rings is 2. The number of aromatic nitrogens is 2. The number of ether oxygens (including phenoxy) is 2. The molecule has 0 aliphatic carbocycles. The average molecular weight is 471 g/mol. The first kappa shape index (κ1) is 24.8. The number of carbonyl (C=O) groups excluding carboxylic acids is 1. The standard InChI is InChI=1S/C24H30N4O4S/c1-14-11-18(15(2)28-33(30)24(3,4)5)20-19(12-14)26-21(22(25)29)23(27-20)32-13-16-7-9-17(31-6)10-8-16/h7-12,15,28H,13H2,1-6H3,(H2,25,29)/t15-,33-/m1/s1. The molecule has 1 heterocycles. The highest BCUT2D eigenvalue weighted by Gasteiger charge is 2.29. The summed E-state index contributed by atoms with van der Waals surface area (Å²) >= 11 is -1.28. The predicted octanol–water partition coefficient (Wildman–Crippen LogP) is 3.74. The van der Waals surface area contributed by atoms with Crippen LogP contribution in [0, 0.1) is 6.92 Å². The van der Waals surface area contributed by atoms with E-state index in [-0.39, 0.29) is 24.2 Å². The van der Waals surface area contributed by atoms with E-state index in [0.29, 0.717) is 11.0 Å². The lowest BCUT2D eigenvalue weighted by molar-refractivity contribution is 0.0990. The molecule has 8 nitrogen and oxygen atoms in total. The number of methoxy groups -OCH3 is 1. The first-order valence-electron chi connectivity index (χ1n) is 10.6. The zero-order valence-corrected chi connectivity index (χ0v) is 20.6. The van der Waals surface area contributed by atoms with Crippen LogP contribution in [0.5, 0.6) is 11.6 Å². The van der Waals surface area contributed by atoms with Crippen molar-refractivity contribution in [1.29, 1.82) is 0 Å². The summed E-state index contributed by atoms with van der Waals surface area (Å²) < 4.78 is 26.4. The van der Waals surface area contributed by atoms with Gasteiger partial charge in [-0.25, -0.2) is 9.97 Å². The van der Waals surface area contributed by atoms with E-state index in [2.05, 4.69) is 14.7 Å². The molecule has 0 saturated carbocycles. The largest absolute Gasteiger partial charge is 0.598 e. The van der Waals surface area contributed by atoms with Gasteiger partial charge in [0.05, 0.1) is 24.2 Å². The summed E-state index contributed by atoms with van der Waals surface area (Å²) in [6.45, 7) is 9.73. The van der Waals surface area contributed by atoms with E-state index in [1.54, 1.807) is 7.11 Å². The minimum Gasteiger partial charge on any atom is -0.598 e. The maximum Gasteiger partial charge on any atom is 0.272 e. The van der Waals surface area contributed by atoms with Gasteiger partial charge in [0.2, 0.25) is 5.88 Å². The fourth-order valence-electron chi connectivity index (χ4n) is 3.18. The number of hydrogen-bond donors (Lipinski definition) is 2. The molecule has 33 heavy (non-hydrogen) atoms. The van der Waals surface area contributed by atoms with Gasteiger partial charge in [0, 0.05) is 16.9 Å². The van der Waals surface area contributed by atoms with Gasteiger partial charge in [0.1, 0.15) is 17.1 Å². The van der Waals surface area contributed by atoms with Crippen molar-refractivity contribution in [2.45, 2.75) is 52.0 Å². The molecule has 3 aromatic rings. The molecule has 0 unspecified atom stereocenters. The van der Waals surface area contributed by atoms with Crippen molar-refractivity contribution in [3.05, 3.63) is 58.8 Å². The molecule has 3 rings (SSSR count). The number of nitrogens with zero attached hydrogens (tertiary/aromatic N) is 2. The van der Waals surface area contributed by atoms with E-state index in [1.807, 2.05) is 71.0 Å². The molecule has 2 atom stereocenters. The second kappa shape index (κ2) is 9.94. The lowest BCUT2D eigenvalue weighted by atomic mass is 10.0. The van der Waals surface area contributed by atoms with Gasteiger partial charge in [0.15, 0.2) is 5.69 Å². The van der Waals surface area contributed by atoms with Crippen LogP contribution in [0.25, 0.3) is 11.0 Å². The third-order valence-electron chi connectivity index (χ3n) is 4.99. The van der Waals surface area contributed by atoms with Gasteiger partial charge in [-0.15, -0.1) is 4.72 Å². The van der Waals surface area contributed by atoms with Crippen molar-refractivity contribution in [2.75, 3.05) is 7.11 Å². The van der Waals surface area contributed by atoms with Crippen molar-refractivity contribution in [2.24, 2.45) is 5.73 Å². The van der Waals surface area contributed by atoms with Crippen LogP contribution in [-0.4, -0.2) is 32.3 Å². The Hall–Kier alpha value is -2.88. The maximum atomic E-state index is 12.7. The van der Waals surface area contributed by atoms with Gasteiger partial charge < -0.3 is 19.8 Å². The molecule has 0 aliphatic rings. The molecule has 0 saturated heterocycles. The Morgan fingerprint density at radius 3 is 2.45 bits per heavy atom. The molecule has 176 valence electrons. The number of carbonyl (C=O) groups is 1. The van der Waals surface area contributed by atoms with Gasteiger partial charge in [0.25, 0.3) is 5.91 Å². The SMILES string of the molecule is COc1ccc(COc2nc3c([C@@H](C)N[S@+]([O-])C(C)(C)C)cc(C)cc3nc2C(N)=O)cc1. The van der Waals surface area contributed by atoms with E-state index in [9.17, 15) is 9.35 Å². The number of amides is 1. The Balaban J connectivity index is 2.00. The topological polar surface area (TPSA) is 122 Å². The summed E-state index contributed by atoms with van der Waals surface area (Å²) in [5.41, 5.74) is 9.22. The number of hydrogen-bond acceptors (Lipinski definition) is 7. The smallest absolute Gasteiger partial charge is 0.272 e. The third kappa shape index (κ3) is 5.93. The second-order valence-corrected chi connectivity index (χ2v) is 10.8. The third-order valence-corrected chi connectivity index (χ3v) is 6.67.